The van der Waals surface area contributed by atoms with Gasteiger partial charge in [0.15, 0.2) is 5.96 Å². The second-order valence-electron chi connectivity index (χ2n) is 6.34. The summed E-state index contributed by atoms with van der Waals surface area (Å²) in [5.41, 5.74) is 1.58. The van der Waals surface area contributed by atoms with Gasteiger partial charge in [0.1, 0.15) is 0 Å². The summed E-state index contributed by atoms with van der Waals surface area (Å²) in [6, 6.07) is 8.50. The van der Waals surface area contributed by atoms with E-state index < -0.39 is 0 Å². The van der Waals surface area contributed by atoms with Crippen molar-refractivity contribution < 1.29 is 9.47 Å². The molecule has 5 nitrogen and oxygen atoms in total. The zero-order valence-corrected chi connectivity index (χ0v) is 16.9. The van der Waals surface area contributed by atoms with Crippen LogP contribution in [0.15, 0.2) is 33.7 Å². The monoisotopic (exact) mass is 411 g/mol. The maximum absolute atomic E-state index is 5.48. The average molecular weight is 412 g/mol. The Morgan fingerprint density at radius 1 is 1.20 bits per heavy atom. The van der Waals surface area contributed by atoms with E-state index in [0.29, 0.717) is 13.2 Å². The number of ether oxygens (including phenoxy) is 2. The molecule has 0 bridgehead atoms. The molecule has 1 fully saturated rings. The number of aliphatic imine (C=N–C) groups is 1. The lowest BCUT2D eigenvalue weighted by Crippen LogP contribution is -2.38. The van der Waals surface area contributed by atoms with Crippen LogP contribution in [0.4, 0.5) is 0 Å². The summed E-state index contributed by atoms with van der Waals surface area (Å²) < 4.78 is 11.6. The van der Waals surface area contributed by atoms with Crippen LogP contribution in [0.2, 0.25) is 0 Å². The summed E-state index contributed by atoms with van der Waals surface area (Å²) >= 11 is 3.68. The van der Waals surface area contributed by atoms with Crippen LogP contribution in [0, 0.1) is 0 Å². The Kier molecular flexibility index (Phi) is 8.72. The number of benzene rings is 1. The summed E-state index contributed by atoms with van der Waals surface area (Å²) in [6.07, 6.45) is 3.35. The molecule has 1 aliphatic rings. The van der Waals surface area contributed by atoms with E-state index in [-0.39, 0.29) is 5.41 Å². The van der Waals surface area contributed by atoms with E-state index in [1.54, 1.807) is 7.11 Å². The van der Waals surface area contributed by atoms with E-state index in [0.717, 1.165) is 38.6 Å². The number of nitrogens with zero attached hydrogens (tertiary/aromatic N) is 1. The zero-order chi connectivity index (χ0) is 18.0. The minimum absolute atomic E-state index is 0.200. The van der Waals surface area contributed by atoms with E-state index in [4.69, 9.17) is 14.5 Å². The Labute approximate surface area is 159 Å². The number of rotatable bonds is 11. The van der Waals surface area contributed by atoms with Crippen molar-refractivity contribution in [2.45, 2.75) is 31.6 Å². The largest absolute Gasteiger partial charge is 0.382 e. The zero-order valence-electron chi connectivity index (χ0n) is 15.3. The second-order valence-corrected chi connectivity index (χ2v) is 7.20. The van der Waals surface area contributed by atoms with E-state index in [9.17, 15) is 0 Å². The maximum Gasteiger partial charge on any atom is 0.191 e. The predicted molar refractivity (Wildman–Crippen MR) is 106 cm³/mol. The number of methoxy groups -OCH3 is 1. The molecule has 1 saturated carbocycles. The summed E-state index contributed by atoms with van der Waals surface area (Å²) in [6.45, 7) is 6.64. The van der Waals surface area contributed by atoms with Crippen molar-refractivity contribution in [1.29, 1.82) is 0 Å². The van der Waals surface area contributed by atoms with Crippen LogP contribution in [-0.4, -0.2) is 52.5 Å². The van der Waals surface area contributed by atoms with Gasteiger partial charge in [-0.25, -0.2) is 0 Å². The third-order valence-electron chi connectivity index (χ3n) is 4.37. The summed E-state index contributed by atoms with van der Waals surface area (Å²) in [5.74, 6) is 0.887. The van der Waals surface area contributed by atoms with Gasteiger partial charge in [0.25, 0.3) is 0 Å². The third-order valence-corrected chi connectivity index (χ3v) is 5.06. The standard InChI is InChI=1S/C19H30BrN3O2/c1-3-21-18(22-11-6-12-25-14-13-24-2)23-15-19(9-10-19)16-7-4-5-8-17(16)20/h4-5,7-8H,3,6,9-15H2,1-2H3,(H2,21,22,23). The van der Waals surface area contributed by atoms with Gasteiger partial charge in [0, 0.05) is 36.7 Å². The first-order valence-corrected chi connectivity index (χ1v) is 9.85. The molecule has 2 rings (SSSR count). The van der Waals surface area contributed by atoms with Crippen LogP contribution >= 0.6 is 15.9 Å². The highest BCUT2D eigenvalue weighted by Crippen LogP contribution is 2.50. The molecule has 0 aliphatic heterocycles. The molecule has 0 atom stereocenters. The lowest BCUT2D eigenvalue weighted by Gasteiger charge is -2.17. The minimum atomic E-state index is 0.200. The van der Waals surface area contributed by atoms with E-state index in [1.165, 1.54) is 22.9 Å². The molecule has 1 aromatic rings. The van der Waals surface area contributed by atoms with Gasteiger partial charge >= 0.3 is 0 Å². The highest BCUT2D eigenvalue weighted by atomic mass is 79.9. The fourth-order valence-electron chi connectivity index (χ4n) is 2.75. The molecule has 0 spiro atoms. The molecule has 140 valence electrons. The summed E-state index contributed by atoms with van der Waals surface area (Å²) in [4.78, 5) is 4.83. The second kappa shape index (κ2) is 10.8. The fraction of sp³-hybridized carbons (Fsp3) is 0.632. The number of nitrogens with one attached hydrogen (secondary N) is 2. The Hall–Kier alpha value is -1.11. The molecule has 1 aromatic carbocycles. The molecule has 6 heteroatoms. The quantitative estimate of drug-likeness (QED) is 0.333. The van der Waals surface area contributed by atoms with Gasteiger partial charge in [-0.2, -0.15) is 0 Å². The topological polar surface area (TPSA) is 54.9 Å². The van der Waals surface area contributed by atoms with Crippen LogP contribution in [0.5, 0.6) is 0 Å². The van der Waals surface area contributed by atoms with Crippen molar-refractivity contribution in [3.8, 4) is 0 Å². The maximum atomic E-state index is 5.48. The molecule has 25 heavy (non-hydrogen) atoms. The summed E-state index contributed by atoms with van der Waals surface area (Å²) in [5, 5.41) is 6.72. The Morgan fingerprint density at radius 2 is 2.00 bits per heavy atom. The molecular formula is C19H30BrN3O2. The Bertz CT molecular complexity index is 547. The van der Waals surface area contributed by atoms with Gasteiger partial charge in [0.2, 0.25) is 0 Å². The van der Waals surface area contributed by atoms with Crippen molar-refractivity contribution in [2.75, 3.05) is 46.6 Å². The molecule has 0 aromatic heterocycles. The SMILES string of the molecule is CCNC(=NCC1(c2ccccc2Br)CC1)NCCCOCCOC. The summed E-state index contributed by atoms with van der Waals surface area (Å²) in [7, 11) is 1.69. The number of hydrogen-bond acceptors (Lipinski definition) is 3. The predicted octanol–water partition coefficient (Wildman–Crippen LogP) is 3.09. The van der Waals surface area contributed by atoms with Crippen LogP contribution in [0.25, 0.3) is 0 Å². The molecule has 2 N–H and O–H groups in total. The molecular weight excluding hydrogens is 382 g/mol. The minimum Gasteiger partial charge on any atom is -0.382 e. The van der Waals surface area contributed by atoms with Gasteiger partial charge in [0.05, 0.1) is 19.8 Å². The first-order chi connectivity index (χ1) is 12.2. The molecule has 1 aliphatic carbocycles. The van der Waals surface area contributed by atoms with Crippen molar-refractivity contribution >= 4 is 21.9 Å². The average Bonchev–Trinajstić information content (AvgIpc) is 3.40. The smallest absolute Gasteiger partial charge is 0.191 e. The van der Waals surface area contributed by atoms with Gasteiger partial charge in [-0.1, -0.05) is 34.1 Å². The van der Waals surface area contributed by atoms with Crippen molar-refractivity contribution in [3.05, 3.63) is 34.3 Å². The Morgan fingerprint density at radius 3 is 2.68 bits per heavy atom. The lowest BCUT2D eigenvalue weighted by molar-refractivity contribution is 0.0698. The number of guanidine groups is 1. The van der Waals surface area contributed by atoms with Crippen molar-refractivity contribution in [1.82, 2.24) is 10.6 Å². The van der Waals surface area contributed by atoms with Crippen molar-refractivity contribution in [2.24, 2.45) is 4.99 Å². The van der Waals surface area contributed by atoms with E-state index in [1.807, 2.05) is 0 Å². The van der Waals surface area contributed by atoms with Crippen LogP contribution < -0.4 is 10.6 Å². The third kappa shape index (κ3) is 6.60. The van der Waals surface area contributed by atoms with Crippen LogP contribution in [-0.2, 0) is 14.9 Å². The highest BCUT2D eigenvalue weighted by molar-refractivity contribution is 9.10. The van der Waals surface area contributed by atoms with E-state index in [2.05, 4.69) is 57.8 Å². The van der Waals surface area contributed by atoms with Crippen LogP contribution in [0.1, 0.15) is 31.7 Å². The van der Waals surface area contributed by atoms with Crippen molar-refractivity contribution in [3.63, 3.8) is 0 Å². The normalized spacial score (nSPS) is 15.9. The lowest BCUT2D eigenvalue weighted by atomic mass is 9.96. The van der Waals surface area contributed by atoms with Gasteiger partial charge in [-0.05, 0) is 37.8 Å². The first-order valence-electron chi connectivity index (χ1n) is 9.06. The van der Waals surface area contributed by atoms with Gasteiger partial charge in [-0.3, -0.25) is 4.99 Å². The molecule has 0 amide bonds. The molecule has 0 saturated heterocycles. The Balaban J connectivity index is 1.80. The van der Waals surface area contributed by atoms with Gasteiger partial charge < -0.3 is 20.1 Å². The fourth-order valence-corrected chi connectivity index (χ4v) is 3.46. The van der Waals surface area contributed by atoms with Gasteiger partial charge in [-0.15, -0.1) is 0 Å². The van der Waals surface area contributed by atoms with Crippen LogP contribution in [0.3, 0.4) is 0 Å². The molecule has 0 radical (unpaired) electrons. The number of hydrogen-bond donors (Lipinski definition) is 2. The van der Waals surface area contributed by atoms with E-state index >= 15 is 0 Å². The molecule has 0 heterocycles. The molecule has 0 unspecified atom stereocenters. The highest BCUT2D eigenvalue weighted by Gasteiger charge is 2.45. The number of halogens is 1. The first kappa shape index (κ1) is 20.2.